The van der Waals surface area contributed by atoms with Crippen molar-refractivity contribution in [3.05, 3.63) is 53.1 Å². The van der Waals surface area contributed by atoms with Gasteiger partial charge >= 0.3 is 11.9 Å². The summed E-state index contributed by atoms with van der Waals surface area (Å²) in [5, 5.41) is 9.20. The third kappa shape index (κ3) is 6.24. The van der Waals surface area contributed by atoms with Crippen LogP contribution in [0.4, 0.5) is 0 Å². The largest absolute Gasteiger partial charge is 0.497 e. The van der Waals surface area contributed by atoms with Crippen LogP contribution in [0.1, 0.15) is 29.8 Å². The average molecular weight is 425 g/mol. The van der Waals surface area contributed by atoms with Crippen LogP contribution < -0.4 is 18.9 Å². The summed E-state index contributed by atoms with van der Waals surface area (Å²) in [5.74, 6) is -0.00297. The van der Waals surface area contributed by atoms with Gasteiger partial charge in [-0.15, -0.1) is 0 Å². The van der Waals surface area contributed by atoms with Crippen molar-refractivity contribution in [3.63, 3.8) is 0 Å². The van der Waals surface area contributed by atoms with Gasteiger partial charge in [0.2, 0.25) is 0 Å². The molecule has 31 heavy (non-hydrogen) atoms. The van der Waals surface area contributed by atoms with Gasteiger partial charge < -0.3 is 23.7 Å². The highest BCUT2D eigenvalue weighted by atomic mass is 16.6. The molecule has 8 nitrogen and oxygen atoms in total. The van der Waals surface area contributed by atoms with E-state index in [1.807, 2.05) is 6.07 Å². The Morgan fingerprint density at radius 2 is 1.65 bits per heavy atom. The van der Waals surface area contributed by atoms with Gasteiger partial charge in [-0.1, -0.05) is 6.07 Å². The van der Waals surface area contributed by atoms with Crippen molar-refractivity contribution in [2.45, 2.75) is 13.8 Å². The van der Waals surface area contributed by atoms with Crippen LogP contribution in [0.2, 0.25) is 0 Å². The van der Waals surface area contributed by atoms with E-state index in [1.165, 1.54) is 38.5 Å². The lowest BCUT2D eigenvalue weighted by molar-refractivity contribution is -0.137. The predicted octanol–water partition coefficient (Wildman–Crippen LogP) is 3.79. The van der Waals surface area contributed by atoms with Gasteiger partial charge in [0.1, 0.15) is 23.1 Å². The second-order valence-electron chi connectivity index (χ2n) is 6.02. The van der Waals surface area contributed by atoms with Crippen LogP contribution in [-0.4, -0.2) is 39.4 Å². The van der Waals surface area contributed by atoms with Gasteiger partial charge in [0.25, 0.3) is 0 Å². The Bertz CT molecular complexity index is 999. The maximum atomic E-state index is 12.7. The minimum absolute atomic E-state index is 0.155. The molecular weight excluding hydrogens is 402 g/mol. The molecule has 0 bridgehead atoms. The number of rotatable bonds is 9. The first-order valence-electron chi connectivity index (χ1n) is 9.46. The molecule has 0 aliphatic rings. The number of carbonyl (C=O) groups is 2. The molecule has 0 radical (unpaired) electrons. The van der Waals surface area contributed by atoms with E-state index in [2.05, 4.69) is 0 Å². The molecule has 2 rings (SSSR count). The van der Waals surface area contributed by atoms with Crippen LogP contribution in [0.5, 0.6) is 23.0 Å². The first-order valence-corrected chi connectivity index (χ1v) is 9.46. The summed E-state index contributed by atoms with van der Waals surface area (Å²) in [7, 11) is 2.96. The van der Waals surface area contributed by atoms with Crippen LogP contribution in [0, 0.1) is 11.3 Å². The molecule has 0 aliphatic heterocycles. The number of carbonyl (C=O) groups excluding carboxylic acids is 2. The molecule has 0 saturated carbocycles. The lowest BCUT2D eigenvalue weighted by atomic mass is 10.1. The molecule has 0 spiro atoms. The monoisotopic (exact) mass is 425 g/mol. The van der Waals surface area contributed by atoms with Crippen LogP contribution in [0.15, 0.2) is 42.0 Å². The van der Waals surface area contributed by atoms with E-state index in [0.29, 0.717) is 23.7 Å². The number of ether oxygens (including phenoxy) is 5. The Morgan fingerprint density at radius 3 is 2.19 bits per heavy atom. The molecule has 162 valence electrons. The summed E-state index contributed by atoms with van der Waals surface area (Å²) >= 11 is 0. The lowest BCUT2D eigenvalue weighted by Crippen LogP contribution is -2.10. The number of hydrogen-bond acceptors (Lipinski definition) is 8. The topological polar surface area (TPSA) is 104 Å². The van der Waals surface area contributed by atoms with Crippen LogP contribution in [-0.2, 0) is 9.53 Å². The number of benzene rings is 2. The fourth-order valence-electron chi connectivity index (χ4n) is 2.56. The van der Waals surface area contributed by atoms with Crippen molar-refractivity contribution in [1.82, 2.24) is 0 Å². The highest BCUT2D eigenvalue weighted by Crippen LogP contribution is 2.31. The van der Waals surface area contributed by atoms with Gasteiger partial charge in [-0.3, -0.25) is 0 Å². The molecule has 8 heteroatoms. The van der Waals surface area contributed by atoms with E-state index in [0.717, 1.165) is 0 Å². The molecule has 0 saturated heterocycles. The Morgan fingerprint density at radius 1 is 0.968 bits per heavy atom. The van der Waals surface area contributed by atoms with E-state index in [1.54, 1.807) is 32.0 Å². The van der Waals surface area contributed by atoms with Crippen molar-refractivity contribution in [2.75, 3.05) is 27.4 Å². The van der Waals surface area contributed by atoms with Gasteiger partial charge in [-0.2, -0.15) is 5.26 Å². The number of methoxy groups -OCH3 is 2. The van der Waals surface area contributed by atoms with Crippen molar-refractivity contribution in [1.29, 1.82) is 5.26 Å². The van der Waals surface area contributed by atoms with E-state index < -0.39 is 11.9 Å². The quantitative estimate of drug-likeness (QED) is 0.259. The first-order chi connectivity index (χ1) is 14.9. The maximum Gasteiger partial charge on any atom is 0.348 e. The number of nitrogens with zero attached hydrogens (tertiary/aromatic N) is 1. The summed E-state index contributed by atoms with van der Waals surface area (Å²) in [5.41, 5.74) is 0.588. The predicted molar refractivity (Wildman–Crippen MR) is 112 cm³/mol. The normalized spacial score (nSPS) is 10.6. The SMILES string of the molecule is CCOC(=O)C(C#N)=Cc1ccc(OC(=O)c2cc(OC)cc(OC)c2)c(OCC)c1. The number of esters is 2. The fraction of sp³-hybridized carbons (Fsp3) is 0.261. The van der Waals surface area contributed by atoms with Gasteiger partial charge in [0, 0.05) is 6.07 Å². The number of hydrogen-bond donors (Lipinski definition) is 0. The van der Waals surface area contributed by atoms with Gasteiger partial charge in [0.05, 0.1) is 33.0 Å². The molecule has 0 N–H and O–H groups in total. The molecule has 0 aliphatic carbocycles. The standard InChI is InChI=1S/C23H23NO7/c1-5-29-21-10-15(9-17(14-24)22(25)30-6-2)7-8-20(21)31-23(26)16-11-18(27-3)13-19(12-16)28-4/h7-13H,5-6H2,1-4H3. The van der Waals surface area contributed by atoms with Crippen LogP contribution >= 0.6 is 0 Å². The highest BCUT2D eigenvalue weighted by molar-refractivity contribution is 5.98. The van der Waals surface area contributed by atoms with Crippen molar-refractivity contribution < 1.29 is 33.3 Å². The summed E-state index contributed by atoms with van der Waals surface area (Å²) < 4.78 is 26.3. The minimum atomic E-state index is -0.717. The summed E-state index contributed by atoms with van der Waals surface area (Å²) in [6.07, 6.45) is 1.37. The zero-order chi connectivity index (χ0) is 22.8. The summed E-state index contributed by atoms with van der Waals surface area (Å²) in [6, 6.07) is 11.2. The third-order valence-electron chi connectivity index (χ3n) is 3.98. The number of nitriles is 1. The molecule has 0 unspecified atom stereocenters. The van der Waals surface area contributed by atoms with Crippen molar-refractivity contribution in [3.8, 4) is 29.1 Å². The van der Waals surface area contributed by atoms with E-state index in [-0.39, 0.29) is 29.2 Å². The molecule has 0 heterocycles. The van der Waals surface area contributed by atoms with E-state index in [4.69, 9.17) is 23.7 Å². The maximum absolute atomic E-state index is 12.7. The van der Waals surface area contributed by atoms with Crippen molar-refractivity contribution >= 4 is 18.0 Å². The van der Waals surface area contributed by atoms with Gasteiger partial charge in [-0.25, -0.2) is 9.59 Å². The van der Waals surface area contributed by atoms with Gasteiger partial charge in [-0.05, 0) is 49.8 Å². The van der Waals surface area contributed by atoms with Crippen LogP contribution in [0.25, 0.3) is 6.08 Å². The zero-order valence-corrected chi connectivity index (χ0v) is 17.8. The Labute approximate surface area is 180 Å². The van der Waals surface area contributed by atoms with Gasteiger partial charge in [0.15, 0.2) is 11.5 Å². The molecule has 0 atom stereocenters. The second-order valence-corrected chi connectivity index (χ2v) is 6.02. The minimum Gasteiger partial charge on any atom is -0.497 e. The Hall–Kier alpha value is -3.99. The molecule has 0 amide bonds. The Kier molecular flexibility index (Phi) is 8.46. The van der Waals surface area contributed by atoms with E-state index in [9.17, 15) is 14.9 Å². The third-order valence-corrected chi connectivity index (χ3v) is 3.98. The first kappa shape index (κ1) is 23.3. The molecule has 0 aromatic heterocycles. The summed E-state index contributed by atoms with van der Waals surface area (Å²) in [6.45, 7) is 3.90. The fourth-order valence-corrected chi connectivity index (χ4v) is 2.56. The molecule has 2 aromatic carbocycles. The van der Waals surface area contributed by atoms with E-state index >= 15 is 0 Å². The second kappa shape index (κ2) is 11.3. The highest BCUT2D eigenvalue weighted by Gasteiger charge is 2.16. The lowest BCUT2D eigenvalue weighted by Gasteiger charge is -2.12. The Balaban J connectivity index is 2.34. The summed E-state index contributed by atoms with van der Waals surface area (Å²) in [4.78, 5) is 24.5. The van der Waals surface area contributed by atoms with Crippen LogP contribution in [0.3, 0.4) is 0 Å². The zero-order valence-electron chi connectivity index (χ0n) is 17.8. The molecule has 2 aromatic rings. The smallest absolute Gasteiger partial charge is 0.348 e. The average Bonchev–Trinajstić information content (AvgIpc) is 2.78. The molecule has 0 fully saturated rings. The van der Waals surface area contributed by atoms with Crippen molar-refractivity contribution in [2.24, 2.45) is 0 Å². The molecular formula is C23H23NO7.